The van der Waals surface area contributed by atoms with Crippen molar-refractivity contribution >= 4 is 18.3 Å². The van der Waals surface area contributed by atoms with E-state index in [2.05, 4.69) is 0 Å². The summed E-state index contributed by atoms with van der Waals surface area (Å²) in [4.78, 5) is 14.6. The molecule has 1 aliphatic heterocycles. The number of rotatable bonds is 5. The molecule has 6 nitrogen and oxygen atoms in total. The van der Waals surface area contributed by atoms with Crippen LogP contribution in [0.25, 0.3) is 0 Å². The molecule has 25 heavy (non-hydrogen) atoms. The van der Waals surface area contributed by atoms with Gasteiger partial charge in [-0.05, 0) is 24.6 Å². The van der Waals surface area contributed by atoms with Gasteiger partial charge in [-0.3, -0.25) is 4.79 Å². The Labute approximate surface area is 155 Å². The van der Waals surface area contributed by atoms with Crippen LogP contribution in [0.2, 0.25) is 0 Å². The van der Waals surface area contributed by atoms with Crippen molar-refractivity contribution in [3.63, 3.8) is 0 Å². The molecular weight excluding hydrogens is 344 g/mol. The average molecular weight is 371 g/mol. The molecule has 1 saturated carbocycles. The Hall–Kier alpha value is -1.50. The molecule has 7 heteroatoms. The lowest BCUT2D eigenvalue weighted by molar-refractivity contribution is -0.178. The monoisotopic (exact) mass is 370 g/mol. The molecule has 0 aromatic heterocycles. The van der Waals surface area contributed by atoms with Crippen molar-refractivity contribution in [2.75, 3.05) is 20.4 Å². The van der Waals surface area contributed by atoms with Crippen LogP contribution >= 0.6 is 12.4 Å². The van der Waals surface area contributed by atoms with Crippen LogP contribution in [-0.4, -0.2) is 42.9 Å². The van der Waals surface area contributed by atoms with Gasteiger partial charge < -0.3 is 24.8 Å². The fraction of sp³-hybridized carbons (Fsp3) is 0.611. The summed E-state index contributed by atoms with van der Waals surface area (Å²) in [5, 5.41) is 0. The van der Waals surface area contributed by atoms with Crippen LogP contribution < -0.4 is 15.2 Å². The maximum atomic E-state index is 12.9. The lowest BCUT2D eigenvalue weighted by Crippen LogP contribution is -2.75. The zero-order chi connectivity index (χ0) is 17.5. The molecule has 1 aromatic carbocycles. The largest absolute Gasteiger partial charge is 0.454 e. The number of halogens is 1. The highest BCUT2D eigenvalue weighted by Crippen LogP contribution is 2.50. The fourth-order valence-electron chi connectivity index (χ4n) is 3.52. The van der Waals surface area contributed by atoms with Crippen LogP contribution in [0.5, 0.6) is 11.5 Å². The molecule has 3 rings (SSSR count). The summed E-state index contributed by atoms with van der Waals surface area (Å²) in [5.74, 6) is 1.40. The van der Waals surface area contributed by atoms with E-state index in [9.17, 15) is 4.79 Å². The van der Waals surface area contributed by atoms with E-state index >= 15 is 0 Å². The van der Waals surface area contributed by atoms with Crippen molar-refractivity contribution in [1.82, 2.24) is 4.90 Å². The third kappa shape index (κ3) is 3.18. The standard InChI is InChI=1S/C18H26N2O4.ClH/c1-5-22-15-9-18(19,17(15,2)3)16(21)20(4)10-12-6-7-13-14(8-12)24-11-23-13;/h6-8,15H,5,9-11,19H2,1-4H3;1H. The number of ether oxygens (including phenoxy) is 3. The number of carbonyl (C=O) groups is 1. The van der Waals surface area contributed by atoms with Crippen LogP contribution in [0.3, 0.4) is 0 Å². The van der Waals surface area contributed by atoms with Crippen molar-refractivity contribution in [3.05, 3.63) is 23.8 Å². The first-order valence-corrected chi connectivity index (χ1v) is 8.34. The minimum absolute atomic E-state index is 0. The zero-order valence-electron chi connectivity index (χ0n) is 15.2. The molecule has 1 aromatic rings. The summed E-state index contributed by atoms with van der Waals surface area (Å²) in [5.41, 5.74) is 6.18. The van der Waals surface area contributed by atoms with Gasteiger partial charge in [-0.2, -0.15) is 0 Å². The molecule has 0 saturated heterocycles. The van der Waals surface area contributed by atoms with Gasteiger partial charge in [0.2, 0.25) is 12.7 Å². The molecule has 2 atom stereocenters. The number of hydrogen-bond acceptors (Lipinski definition) is 5. The summed E-state index contributed by atoms with van der Waals surface area (Å²) in [6, 6.07) is 5.71. The van der Waals surface area contributed by atoms with Gasteiger partial charge in [0.1, 0.15) is 5.54 Å². The van der Waals surface area contributed by atoms with Gasteiger partial charge in [-0.1, -0.05) is 19.9 Å². The lowest BCUT2D eigenvalue weighted by atomic mass is 9.54. The molecule has 2 aliphatic rings. The van der Waals surface area contributed by atoms with Gasteiger partial charge in [0.05, 0.1) is 6.10 Å². The number of fused-ring (bicyclic) bond motifs is 1. The first kappa shape index (κ1) is 19.8. The van der Waals surface area contributed by atoms with E-state index in [-0.39, 0.29) is 36.6 Å². The van der Waals surface area contributed by atoms with Crippen LogP contribution in [0, 0.1) is 5.41 Å². The van der Waals surface area contributed by atoms with Gasteiger partial charge in [-0.15, -0.1) is 12.4 Å². The van der Waals surface area contributed by atoms with Crippen LogP contribution in [-0.2, 0) is 16.1 Å². The first-order chi connectivity index (χ1) is 11.3. The van der Waals surface area contributed by atoms with Crippen LogP contribution in [0.15, 0.2) is 18.2 Å². The molecule has 2 unspecified atom stereocenters. The number of nitrogens with zero attached hydrogens (tertiary/aromatic N) is 1. The topological polar surface area (TPSA) is 74.0 Å². The minimum Gasteiger partial charge on any atom is -0.454 e. The second-order valence-electron chi connectivity index (χ2n) is 7.19. The molecule has 1 heterocycles. The normalized spacial score (nSPS) is 25.7. The first-order valence-electron chi connectivity index (χ1n) is 8.34. The fourth-order valence-corrected chi connectivity index (χ4v) is 3.52. The highest BCUT2D eigenvalue weighted by Gasteiger charge is 2.63. The van der Waals surface area contributed by atoms with Crippen molar-refractivity contribution in [2.24, 2.45) is 11.1 Å². The van der Waals surface area contributed by atoms with Crippen LogP contribution in [0.4, 0.5) is 0 Å². The lowest BCUT2D eigenvalue weighted by Gasteiger charge is -2.58. The SMILES string of the molecule is CCOC1CC(N)(C(=O)N(C)Cc2ccc3c(c2)OCO3)C1(C)C.Cl. The van der Waals surface area contributed by atoms with Crippen molar-refractivity contribution in [3.8, 4) is 11.5 Å². The summed E-state index contributed by atoms with van der Waals surface area (Å²) in [6.45, 7) is 7.31. The molecule has 2 N–H and O–H groups in total. The third-order valence-electron chi connectivity index (χ3n) is 5.42. The number of carbonyl (C=O) groups excluding carboxylic acids is 1. The van der Waals surface area contributed by atoms with E-state index in [1.807, 2.05) is 39.0 Å². The Morgan fingerprint density at radius 3 is 2.68 bits per heavy atom. The molecule has 1 aliphatic carbocycles. The smallest absolute Gasteiger partial charge is 0.243 e. The second kappa shape index (κ2) is 7.02. The highest BCUT2D eigenvalue weighted by molar-refractivity contribution is 5.88. The average Bonchev–Trinajstić information content (AvgIpc) is 3.01. The molecular formula is C18H27ClN2O4. The van der Waals surface area contributed by atoms with Crippen LogP contribution in [0.1, 0.15) is 32.8 Å². The van der Waals surface area contributed by atoms with Gasteiger partial charge in [0.15, 0.2) is 11.5 Å². The summed E-state index contributed by atoms with van der Waals surface area (Å²) in [7, 11) is 1.78. The maximum Gasteiger partial charge on any atom is 0.243 e. The van der Waals surface area contributed by atoms with Gasteiger partial charge in [-0.25, -0.2) is 0 Å². The van der Waals surface area contributed by atoms with E-state index < -0.39 is 5.54 Å². The summed E-state index contributed by atoms with van der Waals surface area (Å²) in [6.07, 6.45) is 0.577. The second-order valence-corrected chi connectivity index (χ2v) is 7.19. The Morgan fingerprint density at radius 2 is 2.04 bits per heavy atom. The Bertz CT molecular complexity index is 652. The predicted molar refractivity (Wildman–Crippen MR) is 97.0 cm³/mol. The maximum absolute atomic E-state index is 12.9. The third-order valence-corrected chi connectivity index (χ3v) is 5.42. The number of likely N-dealkylation sites (N-methyl/N-ethyl adjacent to an activating group) is 1. The molecule has 0 radical (unpaired) electrons. The van der Waals surface area contributed by atoms with E-state index in [0.717, 1.165) is 17.1 Å². The molecule has 140 valence electrons. The van der Waals surface area contributed by atoms with E-state index in [0.29, 0.717) is 19.6 Å². The Morgan fingerprint density at radius 1 is 1.36 bits per heavy atom. The summed E-state index contributed by atoms with van der Waals surface area (Å²) >= 11 is 0. The van der Waals surface area contributed by atoms with E-state index in [1.54, 1.807) is 11.9 Å². The van der Waals surface area contributed by atoms with Gasteiger partial charge in [0, 0.05) is 32.0 Å². The number of benzene rings is 1. The van der Waals surface area contributed by atoms with Crippen molar-refractivity contribution < 1.29 is 19.0 Å². The number of hydrogen-bond donors (Lipinski definition) is 1. The van der Waals surface area contributed by atoms with Crippen molar-refractivity contribution in [2.45, 2.75) is 45.4 Å². The summed E-state index contributed by atoms with van der Waals surface area (Å²) < 4.78 is 16.4. The van der Waals surface area contributed by atoms with Gasteiger partial charge >= 0.3 is 0 Å². The minimum atomic E-state index is -0.891. The molecule has 0 bridgehead atoms. The number of nitrogens with two attached hydrogens (primary N) is 1. The molecule has 1 amide bonds. The highest BCUT2D eigenvalue weighted by atomic mass is 35.5. The zero-order valence-corrected chi connectivity index (χ0v) is 16.0. The molecule has 1 fully saturated rings. The van der Waals surface area contributed by atoms with E-state index in [4.69, 9.17) is 19.9 Å². The number of amides is 1. The Kier molecular flexibility index (Phi) is 5.56. The van der Waals surface area contributed by atoms with E-state index in [1.165, 1.54) is 0 Å². The predicted octanol–water partition coefficient (Wildman–Crippen LogP) is 2.33. The van der Waals surface area contributed by atoms with Gasteiger partial charge in [0.25, 0.3) is 0 Å². The van der Waals surface area contributed by atoms with Crippen molar-refractivity contribution in [1.29, 1.82) is 0 Å². The molecule has 0 spiro atoms. The Balaban J connectivity index is 0.00000225. The quantitative estimate of drug-likeness (QED) is 0.861.